The van der Waals surface area contributed by atoms with E-state index in [9.17, 15) is 4.79 Å². The van der Waals surface area contributed by atoms with E-state index in [1.165, 1.54) is 11.1 Å². The van der Waals surface area contributed by atoms with Crippen LogP contribution in [0.5, 0.6) is 0 Å². The maximum Gasteiger partial charge on any atom is 0.255 e. The van der Waals surface area contributed by atoms with E-state index in [0.29, 0.717) is 19.0 Å². The summed E-state index contributed by atoms with van der Waals surface area (Å²) in [6, 6.07) is 20.7. The number of hydrogen-bond acceptors (Lipinski definition) is 5. The van der Waals surface area contributed by atoms with Gasteiger partial charge in [0, 0.05) is 45.4 Å². The SMILES string of the molecule is COCc1nc(N2CCN(Cc3ccccc3)CC2)[nH]c(=O)c1CCc1ccccc1. The lowest BCUT2D eigenvalue weighted by atomic mass is 10.0. The first-order valence-electron chi connectivity index (χ1n) is 10.9. The Bertz CT molecular complexity index is 1010. The van der Waals surface area contributed by atoms with Crippen molar-refractivity contribution in [3.8, 4) is 0 Å². The number of nitrogens with zero attached hydrogens (tertiary/aromatic N) is 3. The summed E-state index contributed by atoms with van der Waals surface area (Å²) in [6.45, 7) is 4.85. The van der Waals surface area contributed by atoms with Crippen LogP contribution in [0.1, 0.15) is 22.4 Å². The number of anilines is 1. The molecular weight excluding hydrogens is 388 g/mol. The number of aromatic amines is 1. The minimum absolute atomic E-state index is 0.0558. The van der Waals surface area contributed by atoms with Crippen molar-refractivity contribution in [3.05, 3.63) is 93.4 Å². The highest BCUT2D eigenvalue weighted by Crippen LogP contribution is 2.15. The average Bonchev–Trinajstić information content (AvgIpc) is 2.80. The van der Waals surface area contributed by atoms with Crippen molar-refractivity contribution >= 4 is 5.95 Å². The molecular formula is C25H30N4O2. The van der Waals surface area contributed by atoms with Crippen molar-refractivity contribution in [3.63, 3.8) is 0 Å². The van der Waals surface area contributed by atoms with E-state index < -0.39 is 0 Å². The molecule has 0 saturated carbocycles. The Hall–Kier alpha value is -2.96. The van der Waals surface area contributed by atoms with Gasteiger partial charge in [0.15, 0.2) is 0 Å². The van der Waals surface area contributed by atoms with E-state index in [1.807, 2.05) is 24.3 Å². The van der Waals surface area contributed by atoms with E-state index in [0.717, 1.165) is 50.4 Å². The van der Waals surface area contributed by atoms with Crippen LogP contribution < -0.4 is 10.5 Å². The third kappa shape index (κ3) is 5.60. The predicted octanol–water partition coefficient (Wildman–Crippen LogP) is 3.02. The van der Waals surface area contributed by atoms with E-state index in [1.54, 1.807) is 7.11 Å². The van der Waals surface area contributed by atoms with Gasteiger partial charge < -0.3 is 9.64 Å². The monoisotopic (exact) mass is 418 g/mol. The maximum atomic E-state index is 12.9. The van der Waals surface area contributed by atoms with Gasteiger partial charge in [0.25, 0.3) is 5.56 Å². The van der Waals surface area contributed by atoms with Crippen LogP contribution in [-0.2, 0) is 30.7 Å². The number of rotatable bonds is 8. The molecule has 31 heavy (non-hydrogen) atoms. The second kappa shape index (κ2) is 10.4. The second-order valence-corrected chi connectivity index (χ2v) is 7.98. The van der Waals surface area contributed by atoms with Gasteiger partial charge in [0.1, 0.15) is 0 Å². The van der Waals surface area contributed by atoms with Gasteiger partial charge in [0.2, 0.25) is 5.95 Å². The summed E-state index contributed by atoms with van der Waals surface area (Å²) in [6.07, 6.45) is 1.45. The first-order valence-corrected chi connectivity index (χ1v) is 10.9. The first kappa shape index (κ1) is 21.3. The average molecular weight is 419 g/mol. The van der Waals surface area contributed by atoms with Gasteiger partial charge in [-0.2, -0.15) is 0 Å². The quantitative estimate of drug-likeness (QED) is 0.609. The topological polar surface area (TPSA) is 61.5 Å². The van der Waals surface area contributed by atoms with Gasteiger partial charge >= 0.3 is 0 Å². The van der Waals surface area contributed by atoms with Gasteiger partial charge in [-0.25, -0.2) is 4.98 Å². The highest BCUT2D eigenvalue weighted by Gasteiger charge is 2.21. The number of piperazine rings is 1. The van der Waals surface area contributed by atoms with E-state index in [4.69, 9.17) is 9.72 Å². The Balaban J connectivity index is 1.43. The van der Waals surface area contributed by atoms with Crippen molar-refractivity contribution in [1.29, 1.82) is 0 Å². The number of hydrogen-bond donors (Lipinski definition) is 1. The fourth-order valence-corrected chi connectivity index (χ4v) is 4.07. The van der Waals surface area contributed by atoms with Crippen LogP contribution in [0.3, 0.4) is 0 Å². The van der Waals surface area contributed by atoms with Gasteiger partial charge in [0.05, 0.1) is 12.3 Å². The minimum atomic E-state index is -0.0558. The molecule has 162 valence electrons. The number of methoxy groups -OCH3 is 1. The van der Waals surface area contributed by atoms with Crippen molar-refractivity contribution in [2.45, 2.75) is 26.0 Å². The summed E-state index contributed by atoms with van der Waals surface area (Å²) in [4.78, 5) is 25.4. The van der Waals surface area contributed by atoms with E-state index in [-0.39, 0.29) is 5.56 Å². The summed E-state index contributed by atoms with van der Waals surface area (Å²) in [7, 11) is 1.64. The molecule has 2 aromatic carbocycles. The lowest BCUT2D eigenvalue weighted by Gasteiger charge is -2.35. The number of nitrogens with one attached hydrogen (secondary N) is 1. The molecule has 1 N–H and O–H groups in total. The molecule has 2 heterocycles. The second-order valence-electron chi connectivity index (χ2n) is 7.98. The molecule has 3 aromatic rings. The first-order chi connectivity index (χ1) is 15.2. The van der Waals surface area contributed by atoms with E-state index in [2.05, 4.69) is 51.2 Å². The van der Waals surface area contributed by atoms with Crippen molar-refractivity contribution < 1.29 is 4.74 Å². The highest BCUT2D eigenvalue weighted by atomic mass is 16.5. The lowest BCUT2D eigenvalue weighted by Crippen LogP contribution is -2.47. The Morgan fingerprint density at radius 3 is 2.19 bits per heavy atom. The van der Waals surface area contributed by atoms with Crippen molar-refractivity contribution in [2.24, 2.45) is 0 Å². The number of aryl methyl sites for hydroxylation is 1. The molecule has 0 atom stereocenters. The third-order valence-corrected chi connectivity index (χ3v) is 5.80. The molecule has 0 unspecified atom stereocenters. The molecule has 1 aliphatic heterocycles. The van der Waals surface area contributed by atoms with Crippen molar-refractivity contribution in [2.75, 3.05) is 38.2 Å². The molecule has 0 spiro atoms. The Morgan fingerprint density at radius 1 is 0.903 bits per heavy atom. The summed E-state index contributed by atoms with van der Waals surface area (Å²) < 4.78 is 5.36. The van der Waals surface area contributed by atoms with Crippen LogP contribution in [-0.4, -0.2) is 48.2 Å². The number of ether oxygens (including phenoxy) is 1. The fourth-order valence-electron chi connectivity index (χ4n) is 4.07. The summed E-state index contributed by atoms with van der Waals surface area (Å²) in [5.74, 6) is 0.653. The minimum Gasteiger partial charge on any atom is -0.378 e. The molecule has 4 rings (SSSR count). The summed E-state index contributed by atoms with van der Waals surface area (Å²) in [5, 5.41) is 0. The van der Waals surface area contributed by atoms with Crippen molar-refractivity contribution in [1.82, 2.24) is 14.9 Å². The van der Waals surface area contributed by atoms with Gasteiger partial charge in [-0.05, 0) is 24.0 Å². The Labute approximate surface area is 183 Å². The third-order valence-electron chi connectivity index (χ3n) is 5.80. The van der Waals surface area contributed by atoms with Crippen LogP contribution in [0, 0.1) is 0 Å². The molecule has 1 saturated heterocycles. The van der Waals surface area contributed by atoms with Gasteiger partial charge in [-0.15, -0.1) is 0 Å². The molecule has 0 radical (unpaired) electrons. The van der Waals surface area contributed by atoms with Crippen LogP contribution in [0.25, 0.3) is 0 Å². The lowest BCUT2D eigenvalue weighted by molar-refractivity contribution is 0.180. The van der Waals surface area contributed by atoms with Gasteiger partial charge in [-0.1, -0.05) is 60.7 Å². The molecule has 6 nitrogen and oxygen atoms in total. The molecule has 0 amide bonds. The zero-order chi connectivity index (χ0) is 21.5. The Morgan fingerprint density at radius 2 is 1.55 bits per heavy atom. The normalized spacial score (nSPS) is 14.7. The zero-order valence-corrected chi connectivity index (χ0v) is 18.1. The van der Waals surface area contributed by atoms with E-state index >= 15 is 0 Å². The predicted molar refractivity (Wildman–Crippen MR) is 123 cm³/mol. The smallest absolute Gasteiger partial charge is 0.255 e. The summed E-state index contributed by atoms with van der Waals surface area (Å²) >= 11 is 0. The van der Waals surface area contributed by atoms with Crippen LogP contribution >= 0.6 is 0 Å². The number of H-pyrrole nitrogens is 1. The largest absolute Gasteiger partial charge is 0.378 e. The Kier molecular flexibility index (Phi) is 7.12. The molecule has 1 aliphatic rings. The van der Waals surface area contributed by atoms with Crippen LogP contribution in [0.15, 0.2) is 65.5 Å². The van der Waals surface area contributed by atoms with Crippen LogP contribution in [0.4, 0.5) is 5.95 Å². The number of aromatic nitrogens is 2. The summed E-state index contributed by atoms with van der Waals surface area (Å²) in [5.41, 5.74) is 3.94. The van der Waals surface area contributed by atoms with Crippen LogP contribution in [0.2, 0.25) is 0 Å². The zero-order valence-electron chi connectivity index (χ0n) is 18.1. The molecule has 1 aromatic heterocycles. The maximum absolute atomic E-state index is 12.9. The number of benzene rings is 2. The van der Waals surface area contributed by atoms with Gasteiger partial charge in [-0.3, -0.25) is 14.7 Å². The molecule has 1 fully saturated rings. The molecule has 0 aliphatic carbocycles. The molecule has 6 heteroatoms. The molecule has 0 bridgehead atoms. The fraction of sp³-hybridized carbons (Fsp3) is 0.360. The highest BCUT2D eigenvalue weighted by molar-refractivity contribution is 5.34. The standard InChI is InChI=1S/C25H30N4O2/c1-31-19-23-22(13-12-20-8-4-2-5-9-20)24(30)27-25(26-23)29-16-14-28(15-17-29)18-21-10-6-3-7-11-21/h2-11H,12-19H2,1H3,(H,26,27,30).